The standard InChI is InChI=1S/C12H17NO/c1-2-10-5-3-7-12(10,14)11-6-4-8-13-9-11/h4,6,8-10,14H,2-3,5,7H2,1H3. The molecular formula is C12H17NO. The van der Waals surface area contributed by atoms with E-state index in [1.807, 2.05) is 12.1 Å². The van der Waals surface area contributed by atoms with Gasteiger partial charge in [-0.05, 0) is 31.2 Å². The molecule has 0 spiro atoms. The zero-order chi connectivity index (χ0) is 10.0. The maximum absolute atomic E-state index is 10.6. The van der Waals surface area contributed by atoms with Crippen LogP contribution < -0.4 is 0 Å². The summed E-state index contributed by atoms with van der Waals surface area (Å²) in [6.45, 7) is 2.15. The van der Waals surface area contributed by atoms with Gasteiger partial charge in [0.1, 0.15) is 0 Å². The highest BCUT2D eigenvalue weighted by atomic mass is 16.3. The highest BCUT2D eigenvalue weighted by Gasteiger charge is 2.41. The second-order valence-corrected chi connectivity index (χ2v) is 4.16. The van der Waals surface area contributed by atoms with Gasteiger partial charge in [-0.1, -0.05) is 19.4 Å². The normalized spacial score (nSPS) is 32.0. The van der Waals surface area contributed by atoms with E-state index in [-0.39, 0.29) is 0 Å². The van der Waals surface area contributed by atoms with Crippen LogP contribution in [-0.4, -0.2) is 10.1 Å². The van der Waals surface area contributed by atoms with Crippen LogP contribution in [0.2, 0.25) is 0 Å². The Balaban J connectivity index is 2.31. The van der Waals surface area contributed by atoms with E-state index in [0.717, 1.165) is 31.2 Å². The number of rotatable bonds is 2. The molecule has 1 heterocycles. The minimum atomic E-state index is -0.608. The summed E-state index contributed by atoms with van der Waals surface area (Å²) in [5.41, 5.74) is 0.382. The van der Waals surface area contributed by atoms with Gasteiger partial charge < -0.3 is 5.11 Å². The van der Waals surface area contributed by atoms with Crippen LogP contribution in [0.25, 0.3) is 0 Å². The summed E-state index contributed by atoms with van der Waals surface area (Å²) in [5, 5.41) is 10.6. The lowest BCUT2D eigenvalue weighted by Gasteiger charge is -2.29. The lowest BCUT2D eigenvalue weighted by atomic mass is 9.83. The maximum Gasteiger partial charge on any atom is 0.0939 e. The van der Waals surface area contributed by atoms with Crippen molar-refractivity contribution in [2.24, 2.45) is 5.92 Å². The predicted molar refractivity (Wildman–Crippen MR) is 55.8 cm³/mol. The number of nitrogens with zero attached hydrogens (tertiary/aromatic N) is 1. The molecule has 14 heavy (non-hydrogen) atoms. The third-order valence-electron chi connectivity index (χ3n) is 3.44. The molecule has 1 aromatic heterocycles. The summed E-state index contributed by atoms with van der Waals surface area (Å²) < 4.78 is 0. The number of aromatic nitrogens is 1. The number of aliphatic hydroxyl groups is 1. The van der Waals surface area contributed by atoms with Crippen molar-refractivity contribution in [1.29, 1.82) is 0 Å². The fourth-order valence-electron chi connectivity index (χ4n) is 2.60. The monoisotopic (exact) mass is 191 g/mol. The van der Waals surface area contributed by atoms with Gasteiger partial charge in [0.25, 0.3) is 0 Å². The van der Waals surface area contributed by atoms with E-state index in [9.17, 15) is 5.11 Å². The van der Waals surface area contributed by atoms with Crippen LogP contribution in [0.4, 0.5) is 0 Å². The Kier molecular flexibility index (Phi) is 2.55. The van der Waals surface area contributed by atoms with Crippen LogP contribution in [0.15, 0.2) is 24.5 Å². The first kappa shape index (κ1) is 9.66. The quantitative estimate of drug-likeness (QED) is 0.779. The predicted octanol–water partition coefficient (Wildman–Crippen LogP) is 2.48. The fourth-order valence-corrected chi connectivity index (χ4v) is 2.60. The lowest BCUT2D eigenvalue weighted by Crippen LogP contribution is -2.29. The van der Waals surface area contributed by atoms with Crippen molar-refractivity contribution < 1.29 is 5.11 Å². The first-order chi connectivity index (χ1) is 6.77. The molecule has 1 aromatic rings. The summed E-state index contributed by atoms with van der Waals surface area (Å²) in [6.07, 6.45) is 7.76. The van der Waals surface area contributed by atoms with E-state index >= 15 is 0 Å². The summed E-state index contributed by atoms with van der Waals surface area (Å²) in [6, 6.07) is 3.89. The number of pyridine rings is 1. The van der Waals surface area contributed by atoms with Gasteiger partial charge >= 0.3 is 0 Å². The van der Waals surface area contributed by atoms with Crippen LogP contribution >= 0.6 is 0 Å². The van der Waals surface area contributed by atoms with Crippen molar-refractivity contribution in [2.75, 3.05) is 0 Å². The largest absolute Gasteiger partial charge is 0.385 e. The Labute approximate surface area is 85.0 Å². The lowest BCUT2D eigenvalue weighted by molar-refractivity contribution is -0.00417. The van der Waals surface area contributed by atoms with Gasteiger partial charge in [-0.15, -0.1) is 0 Å². The van der Waals surface area contributed by atoms with Gasteiger partial charge in [0.05, 0.1) is 5.60 Å². The molecule has 1 fully saturated rings. The van der Waals surface area contributed by atoms with Crippen molar-refractivity contribution in [1.82, 2.24) is 4.98 Å². The van der Waals surface area contributed by atoms with Gasteiger partial charge in [-0.25, -0.2) is 0 Å². The molecule has 2 heteroatoms. The number of hydrogen-bond donors (Lipinski definition) is 1. The van der Waals surface area contributed by atoms with E-state index in [1.165, 1.54) is 0 Å². The average molecular weight is 191 g/mol. The molecule has 0 bridgehead atoms. The molecule has 1 N–H and O–H groups in total. The highest BCUT2D eigenvalue weighted by Crippen LogP contribution is 2.44. The Hall–Kier alpha value is -0.890. The third kappa shape index (κ3) is 1.44. The maximum atomic E-state index is 10.6. The second-order valence-electron chi connectivity index (χ2n) is 4.16. The van der Waals surface area contributed by atoms with Gasteiger partial charge in [0.15, 0.2) is 0 Å². The minimum absolute atomic E-state index is 0.409. The van der Waals surface area contributed by atoms with Gasteiger partial charge in [0.2, 0.25) is 0 Å². The fraction of sp³-hybridized carbons (Fsp3) is 0.583. The first-order valence-electron chi connectivity index (χ1n) is 5.40. The zero-order valence-corrected chi connectivity index (χ0v) is 8.61. The van der Waals surface area contributed by atoms with Gasteiger partial charge in [-0.3, -0.25) is 4.98 Å². The summed E-state index contributed by atoms with van der Waals surface area (Å²) >= 11 is 0. The molecule has 0 amide bonds. The van der Waals surface area contributed by atoms with Crippen LogP contribution in [0.5, 0.6) is 0 Å². The van der Waals surface area contributed by atoms with Crippen LogP contribution in [0.1, 0.15) is 38.2 Å². The summed E-state index contributed by atoms with van der Waals surface area (Å²) in [4.78, 5) is 4.08. The zero-order valence-electron chi connectivity index (χ0n) is 8.61. The Bertz CT molecular complexity index is 298. The Morgan fingerprint density at radius 1 is 1.64 bits per heavy atom. The second kappa shape index (κ2) is 3.70. The molecular weight excluding hydrogens is 174 g/mol. The summed E-state index contributed by atoms with van der Waals surface area (Å²) in [7, 11) is 0. The van der Waals surface area contributed by atoms with Gasteiger partial charge in [-0.2, -0.15) is 0 Å². The summed E-state index contributed by atoms with van der Waals surface area (Å²) in [5.74, 6) is 0.409. The third-order valence-corrected chi connectivity index (χ3v) is 3.44. The van der Waals surface area contributed by atoms with Crippen molar-refractivity contribution in [3.05, 3.63) is 30.1 Å². The average Bonchev–Trinajstić information content (AvgIpc) is 2.62. The molecule has 0 radical (unpaired) electrons. The van der Waals surface area contributed by atoms with Crippen LogP contribution in [0.3, 0.4) is 0 Å². The van der Waals surface area contributed by atoms with Crippen LogP contribution in [0, 0.1) is 5.92 Å². The minimum Gasteiger partial charge on any atom is -0.385 e. The topological polar surface area (TPSA) is 33.1 Å². The van der Waals surface area contributed by atoms with E-state index in [0.29, 0.717) is 5.92 Å². The Morgan fingerprint density at radius 2 is 2.50 bits per heavy atom. The molecule has 0 aromatic carbocycles. The SMILES string of the molecule is CCC1CCCC1(O)c1cccnc1. The smallest absolute Gasteiger partial charge is 0.0939 e. The van der Waals surface area contributed by atoms with E-state index in [2.05, 4.69) is 11.9 Å². The molecule has 2 atom stereocenters. The van der Waals surface area contributed by atoms with E-state index in [1.54, 1.807) is 12.4 Å². The highest BCUT2D eigenvalue weighted by molar-refractivity contribution is 5.20. The first-order valence-corrected chi connectivity index (χ1v) is 5.40. The van der Waals surface area contributed by atoms with E-state index in [4.69, 9.17) is 0 Å². The molecule has 1 aliphatic carbocycles. The van der Waals surface area contributed by atoms with Crippen molar-refractivity contribution in [3.8, 4) is 0 Å². The Morgan fingerprint density at radius 3 is 3.14 bits per heavy atom. The van der Waals surface area contributed by atoms with Crippen molar-refractivity contribution in [2.45, 2.75) is 38.2 Å². The molecule has 1 aliphatic rings. The van der Waals surface area contributed by atoms with Crippen LogP contribution in [-0.2, 0) is 5.60 Å². The van der Waals surface area contributed by atoms with Gasteiger partial charge in [0, 0.05) is 18.0 Å². The molecule has 2 unspecified atom stereocenters. The molecule has 0 saturated heterocycles. The molecule has 2 nitrogen and oxygen atoms in total. The molecule has 2 rings (SSSR count). The molecule has 76 valence electrons. The molecule has 0 aliphatic heterocycles. The molecule has 1 saturated carbocycles. The number of hydrogen-bond acceptors (Lipinski definition) is 2. The van der Waals surface area contributed by atoms with Crippen molar-refractivity contribution >= 4 is 0 Å². The van der Waals surface area contributed by atoms with E-state index < -0.39 is 5.60 Å². The van der Waals surface area contributed by atoms with Crippen molar-refractivity contribution in [3.63, 3.8) is 0 Å².